The highest BCUT2D eigenvalue weighted by molar-refractivity contribution is 6.32. The molecule has 2 aromatic rings. The van der Waals surface area contributed by atoms with Crippen molar-refractivity contribution in [3.05, 3.63) is 50.6 Å². The van der Waals surface area contributed by atoms with Crippen molar-refractivity contribution in [2.75, 3.05) is 0 Å². The van der Waals surface area contributed by atoms with Crippen LogP contribution in [0.4, 0.5) is 10.1 Å². The van der Waals surface area contributed by atoms with Crippen LogP contribution in [-0.4, -0.2) is 14.9 Å². The topological polar surface area (TPSA) is 78.2 Å². The molecule has 1 heterocycles. The van der Waals surface area contributed by atoms with Crippen LogP contribution in [0.5, 0.6) is 11.6 Å². The molecule has 0 unspecified atom stereocenters. The lowest BCUT2D eigenvalue weighted by Crippen LogP contribution is -1.96. The minimum Gasteiger partial charge on any atom is -0.430 e. The zero-order valence-electron chi connectivity index (χ0n) is 9.01. The Hall–Kier alpha value is -1.99. The van der Waals surface area contributed by atoms with Crippen LogP contribution in [0.3, 0.4) is 0 Å². The number of nitrogens with zero attached hydrogens (tertiary/aromatic N) is 3. The van der Waals surface area contributed by atoms with Gasteiger partial charge in [-0.1, -0.05) is 11.6 Å². The molecule has 0 saturated carbocycles. The molecule has 0 radical (unpaired) electrons. The number of aromatic nitrogens is 2. The largest absolute Gasteiger partial charge is 0.430 e. The number of hydrogen-bond donors (Lipinski definition) is 0. The molecule has 0 bridgehead atoms. The summed E-state index contributed by atoms with van der Waals surface area (Å²) in [6.45, 7) is 0. The van der Waals surface area contributed by atoms with E-state index in [4.69, 9.17) is 27.9 Å². The molecule has 9 heteroatoms. The Labute approximate surface area is 115 Å². The van der Waals surface area contributed by atoms with Crippen molar-refractivity contribution >= 4 is 28.9 Å². The minimum atomic E-state index is -0.717. The summed E-state index contributed by atoms with van der Waals surface area (Å²) in [6.07, 6.45) is 1.16. The van der Waals surface area contributed by atoms with Crippen LogP contribution in [-0.2, 0) is 0 Å². The van der Waals surface area contributed by atoms with Crippen molar-refractivity contribution in [2.24, 2.45) is 0 Å². The van der Waals surface area contributed by atoms with Gasteiger partial charge < -0.3 is 4.74 Å². The molecule has 1 aromatic carbocycles. The molecule has 1 aromatic heterocycles. The van der Waals surface area contributed by atoms with Gasteiger partial charge in [-0.15, -0.1) is 0 Å². The molecule has 0 amide bonds. The third-order valence-electron chi connectivity index (χ3n) is 2.01. The second kappa shape index (κ2) is 5.33. The Morgan fingerprint density at radius 1 is 1.37 bits per heavy atom. The number of benzene rings is 1. The summed E-state index contributed by atoms with van der Waals surface area (Å²) in [7, 11) is 0. The fourth-order valence-electron chi connectivity index (χ4n) is 1.23. The predicted molar refractivity (Wildman–Crippen MR) is 65.2 cm³/mol. The van der Waals surface area contributed by atoms with Gasteiger partial charge in [0, 0.05) is 12.1 Å². The van der Waals surface area contributed by atoms with Gasteiger partial charge in [0.2, 0.25) is 16.9 Å². The molecule has 98 valence electrons. The summed E-state index contributed by atoms with van der Waals surface area (Å²) in [6, 6.07) is 2.77. The quantitative estimate of drug-likeness (QED) is 0.491. The summed E-state index contributed by atoms with van der Waals surface area (Å²) < 4.78 is 18.2. The number of nitro groups is 1. The van der Waals surface area contributed by atoms with Crippen LogP contribution in [0.1, 0.15) is 0 Å². The fraction of sp³-hybridized carbons (Fsp3) is 0. The average molecular weight is 304 g/mol. The molecular formula is C10H4Cl2FN3O3. The smallest absolute Gasteiger partial charge is 0.311 e. The average Bonchev–Trinajstić information content (AvgIpc) is 2.33. The number of rotatable bonds is 3. The van der Waals surface area contributed by atoms with Gasteiger partial charge in [-0.2, -0.15) is 4.98 Å². The van der Waals surface area contributed by atoms with Gasteiger partial charge >= 0.3 is 5.69 Å². The molecule has 6 nitrogen and oxygen atoms in total. The molecule has 0 spiro atoms. The second-order valence-corrected chi connectivity index (χ2v) is 4.01. The maximum absolute atomic E-state index is 13.1. The number of halogens is 3. The lowest BCUT2D eigenvalue weighted by atomic mass is 10.3. The van der Waals surface area contributed by atoms with Crippen LogP contribution in [0.15, 0.2) is 24.4 Å². The number of nitro benzene ring substituents is 1. The molecule has 0 aliphatic rings. The van der Waals surface area contributed by atoms with Gasteiger partial charge in [0.15, 0.2) is 0 Å². The van der Waals surface area contributed by atoms with Gasteiger partial charge in [0.1, 0.15) is 10.8 Å². The van der Waals surface area contributed by atoms with E-state index in [1.807, 2.05) is 0 Å². The number of ether oxygens (including phenoxy) is 1. The van der Waals surface area contributed by atoms with E-state index in [0.29, 0.717) is 0 Å². The summed E-state index contributed by atoms with van der Waals surface area (Å²) in [5.41, 5.74) is -0.424. The van der Waals surface area contributed by atoms with Crippen molar-refractivity contribution in [1.82, 2.24) is 9.97 Å². The summed E-state index contributed by atoms with van der Waals surface area (Å²) in [5.74, 6) is -1.23. The highest BCUT2D eigenvalue weighted by atomic mass is 35.5. The third kappa shape index (κ3) is 3.07. The molecule has 19 heavy (non-hydrogen) atoms. The predicted octanol–water partition coefficient (Wildman–Crippen LogP) is 3.62. The molecule has 0 saturated heterocycles. The first-order chi connectivity index (χ1) is 8.97. The summed E-state index contributed by atoms with van der Waals surface area (Å²) in [5, 5.41) is 10.6. The van der Waals surface area contributed by atoms with Crippen molar-refractivity contribution in [1.29, 1.82) is 0 Å². The highest BCUT2D eigenvalue weighted by Gasteiger charge is 2.18. The monoisotopic (exact) mass is 303 g/mol. The van der Waals surface area contributed by atoms with E-state index < -0.39 is 16.4 Å². The Morgan fingerprint density at radius 2 is 2.11 bits per heavy atom. The molecule has 2 rings (SSSR count). The van der Waals surface area contributed by atoms with E-state index in [2.05, 4.69) is 9.97 Å². The van der Waals surface area contributed by atoms with Gasteiger partial charge in [-0.3, -0.25) is 10.1 Å². The molecule has 0 fully saturated rings. The lowest BCUT2D eigenvalue weighted by molar-refractivity contribution is -0.385. The van der Waals surface area contributed by atoms with E-state index in [9.17, 15) is 14.5 Å². The SMILES string of the molecule is O=[N+]([O-])c1ccc(F)cc1Oc1nc(Cl)ncc1Cl. The van der Waals surface area contributed by atoms with Gasteiger partial charge in [0.05, 0.1) is 11.1 Å². The van der Waals surface area contributed by atoms with E-state index in [1.165, 1.54) is 0 Å². The van der Waals surface area contributed by atoms with Gasteiger partial charge in [-0.05, 0) is 17.7 Å². The molecule has 0 aliphatic carbocycles. The first-order valence-electron chi connectivity index (χ1n) is 4.77. The van der Waals surface area contributed by atoms with Crippen LogP contribution in [0.2, 0.25) is 10.3 Å². The van der Waals surface area contributed by atoms with Crippen LogP contribution in [0, 0.1) is 15.9 Å². The van der Waals surface area contributed by atoms with E-state index in [1.54, 1.807) is 0 Å². The maximum Gasteiger partial charge on any atom is 0.311 e. The van der Waals surface area contributed by atoms with E-state index in [0.717, 1.165) is 24.4 Å². The Kier molecular flexibility index (Phi) is 3.77. The minimum absolute atomic E-state index is 0.0111. The first-order valence-corrected chi connectivity index (χ1v) is 5.53. The van der Waals surface area contributed by atoms with Crippen molar-refractivity contribution in [2.45, 2.75) is 0 Å². The Balaban J connectivity index is 2.45. The van der Waals surface area contributed by atoms with E-state index in [-0.39, 0.29) is 21.9 Å². The normalized spacial score (nSPS) is 10.3. The highest BCUT2D eigenvalue weighted by Crippen LogP contribution is 2.34. The van der Waals surface area contributed by atoms with Crippen LogP contribution < -0.4 is 4.74 Å². The Morgan fingerprint density at radius 3 is 2.79 bits per heavy atom. The fourth-order valence-corrected chi connectivity index (χ4v) is 1.48. The van der Waals surface area contributed by atoms with Crippen molar-refractivity contribution < 1.29 is 14.1 Å². The van der Waals surface area contributed by atoms with Crippen molar-refractivity contribution in [3.8, 4) is 11.6 Å². The molecule has 0 atom stereocenters. The summed E-state index contributed by atoms with van der Waals surface area (Å²) in [4.78, 5) is 17.3. The van der Waals surface area contributed by atoms with Crippen LogP contribution in [0.25, 0.3) is 0 Å². The maximum atomic E-state index is 13.1. The molecular weight excluding hydrogens is 300 g/mol. The standard InChI is InChI=1S/C10H4Cl2FN3O3/c11-6-4-14-10(12)15-9(6)19-8-3-5(13)1-2-7(8)16(17)18/h1-4H. The van der Waals surface area contributed by atoms with Gasteiger partial charge in [0.25, 0.3) is 0 Å². The van der Waals surface area contributed by atoms with Crippen LogP contribution >= 0.6 is 23.2 Å². The lowest BCUT2D eigenvalue weighted by Gasteiger charge is -2.06. The third-order valence-corrected chi connectivity index (χ3v) is 2.45. The van der Waals surface area contributed by atoms with Gasteiger partial charge in [-0.25, -0.2) is 9.37 Å². The summed E-state index contributed by atoms with van der Waals surface area (Å²) >= 11 is 11.3. The zero-order valence-corrected chi connectivity index (χ0v) is 10.5. The second-order valence-electron chi connectivity index (χ2n) is 3.26. The Bertz CT molecular complexity index is 654. The molecule has 0 aliphatic heterocycles. The van der Waals surface area contributed by atoms with Crippen molar-refractivity contribution in [3.63, 3.8) is 0 Å². The molecule has 0 N–H and O–H groups in total. The zero-order chi connectivity index (χ0) is 14.0. The van der Waals surface area contributed by atoms with E-state index >= 15 is 0 Å². The first kappa shape index (κ1) is 13.4. The number of hydrogen-bond acceptors (Lipinski definition) is 5.